The number of hydrogen-bond acceptors (Lipinski definition) is 5. The minimum atomic E-state index is -0.524. The van der Waals surface area contributed by atoms with E-state index in [0.29, 0.717) is 37.3 Å². The first-order valence-corrected chi connectivity index (χ1v) is 10.9. The number of carbonyl (C=O) groups is 2. The zero-order chi connectivity index (χ0) is 21.5. The summed E-state index contributed by atoms with van der Waals surface area (Å²) >= 11 is 0. The predicted molar refractivity (Wildman–Crippen MR) is 114 cm³/mol. The van der Waals surface area contributed by atoms with Gasteiger partial charge in [0.15, 0.2) is 5.65 Å². The minimum Gasteiger partial charge on any atom is -0.444 e. The normalized spacial score (nSPS) is 17.6. The zero-order valence-electron chi connectivity index (χ0n) is 18.4. The van der Waals surface area contributed by atoms with Crippen molar-refractivity contribution in [2.45, 2.75) is 65.5 Å². The fourth-order valence-corrected chi connectivity index (χ4v) is 4.17. The molecule has 0 aliphatic carbocycles. The Morgan fingerprint density at radius 3 is 2.37 bits per heavy atom. The van der Waals surface area contributed by atoms with Gasteiger partial charge in [0.2, 0.25) is 0 Å². The highest BCUT2D eigenvalue weighted by molar-refractivity contribution is 6.04. The highest BCUT2D eigenvalue weighted by Crippen LogP contribution is 2.25. The maximum atomic E-state index is 13.4. The number of pyridine rings is 1. The van der Waals surface area contributed by atoms with E-state index in [9.17, 15) is 9.59 Å². The monoisotopic (exact) mass is 413 g/mol. The Morgan fingerprint density at radius 2 is 1.67 bits per heavy atom. The molecule has 162 valence electrons. The number of piperazine rings is 1. The third-order valence-electron chi connectivity index (χ3n) is 5.64. The SMILES string of the molecule is Cc1cc(C(=O)N2CCN(C(=O)OC(C)(C)C)CC2)c2nc3n(c2n1)CCCCC3. The molecule has 2 amide bonds. The van der Waals surface area contributed by atoms with Crippen LogP contribution in [0.15, 0.2) is 6.07 Å². The molecule has 1 saturated heterocycles. The van der Waals surface area contributed by atoms with Crippen molar-refractivity contribution in [1.29, 1.82) is 0 Å². The van der Waals surface area contributed by atoms with Gasteiger partial charge in [-0.3, -0.25) is 4.79 Å². The number of aromatic nitrogens is 3. The number of imidazole rings is 1. The number of nitrogens with zero attached hydrogens (tertiary/aromatic N) is 5. The van der Waals surface area contributed by atoms with Gasteiger partial charge in [-0.1, -0.05) is 6.42 Å². The highest BCUT2D eigenvalue weighted by atomic mass is 16.6. The topological polar surface area (TPSA) is 80.6 Å². The zero-order valence-corrected chi connectivity index (χ0v) is 18.4. The van der Waals surface area contributed by atoms with Crippen LogP contribution in [-0.4, -0.2) is 68.1 Å². The summed E-state index contributed by atoms with van der Waals surface area (Å²) in [5, 5.41) is 0. The molecular weight excluding hydrogens is 382 g/mol. The molecule has 1 fully saturated rings. The fourth-order valence-electron chi connectivity index (χ4n) is 4.17. The summed E-state index contributed by atoms with van der Waals surface area (Å²) in [6, 6.07) is 1.85. The van der Waals surface area contributed by atoms with Gasteiger partial charge in [0.1, 0.15) is 16.9 Å². The molecule has 0 N–H and O–H groups in total. The fraction of sp³-hybridized carbons (Fsp3) is 0.636. The first-order valence-electron chi connectivity index (χ1n) is 10.9. The maximum Gasteiger partial charge on any atom is 0.410 e. The van der Waals surface area contributed by atoms with Crippen LogP contribution < -0.4 is 0 Å². The predicted octanol–water partition coefficient (Wildman–Crippen LogP) is 3.16. The van der Waals surface area contributed by atoms with Crippen molar-refractivity contribution >= 4 is 23.2 Å². The first kappa shape index (κ1) is 20.6. The van der Waals surface area contributed by atoms with E-state index in [1.807, 2.05) is 33.8 Å². The number of amides is 2. The van der Waals surface area contributed by atoms with Gasteiger partial charge in [0, 0.05) is 44.8 Å². The Labute approximate surface area is 177 Å². The van der Waals surface area contributed by atoms with Crippen LogP contribution in [0.2, 0.25) is 0 Å². The summed E-state index contributed by atoms with van der Waals surface area (Å²) in [5.41, 5.74) is 2.44. The second-order valence-electron chi connectivity index (χ2n) is 9.23. The van der Waals surface area contributed by atoms with Crippen LogP contribution in [0.1, 0.15) is 61.9 Å². The van der Waals surface area contributed by atoms with Gasteiger partial charge < -0.3 is 19.1 Å². The number of fused-ring (bicyclic) bond motifs is 3. The molecule has 0 atom stereocenters. The van der Waals surface area contributed by atoms with E-state index in [4.69, 9.17) is 14.7 Å². The van der Waals surface area contributed by atoms with E-state index < -0.39 is 5.60 Å². The number of hydrogen-bond donors (Lipinski definition) is 0. The van der Waals surface area contributed by atoms with Gasteiger partial charge in [0.25, 0.3) is 5.91 Å². The number of rotatable bonds is 1. The van der Waals surface area contributed by atoms with Crippen molar-refractivity contribution in [3.63, 3.8) is 0 Å². The molecule has 0 aromatic carbocycles. The van der Waals surface area contributed by atoms with Crippen LogP contribution in [-0.2, 0) is 17.7 Å². The third kappa shape index (κ3) is 4.13. The summed E-state index contributed by atoms with van der Waals surface area (Å²) < 4.78 is 7.64. The molecule has 2 aromatic heterocycles. The van der Waals surface area contributed by atoms with Gasteiger partial charge in [-0.15, -0.1) is 0 Å². The molecule has 4 rings (SSSR count). The molecule has 0 spiro atoms. The van der Waals surface area contributed by atoms with Crippen molar-refractivity contribution in [2.75, 3.05) is 26.2 Å². The van der Waals surface area contributed by atoms with Gasteiger partial charge in [-0.2, -0.15) is 0 Å². The van der Waals surface area contributed by atoms with Crippen LogP contribution in [0, 0.1) is 6.92 Å². The van der Waals surface area contributed by atoms with Gasteiger partial charge in [0.05, 0.1) is 5.56 Å². The molecule has 0 saturated carbocycles. The summed E-state index contributed by atoms with van der Waals surface area (Å²) in [6.45, 7) is 10.3. The lowest BCUT2D eigenvalue weighted by atomic mass is 10.1. The van der Waals surface area contributed by atoms with Crippen molar-refractivity contribution < 1.29 is 14.3 Å². The molecule has 8 heteroatoms. The van der Waals surface area contributed by atoms with Crippen molar-refractivity contribution in [3.8, 4) is 0 Å². The summed E-state index contributed by atoms with van der Waals surface area (Å²) in [7, 11) is 0. The van der Waals surface area contributed by atoms with Crippen LogP contribution in [0.3, 0.4) is 0 Å². The van der Waals surface area contributed by atoms with Crippen LogP contribution >= 0.6 is 0 Å². The van der Waals surface area contributed by atoms with E-state index in [-0.39, 0.29) is 12.0 Å². The quantitative estimate of drug-likeness (QED) is 0.717. The van der Waals surface area contributed by atoms with Crippen LogP contribution in [0.5, 0.6) is 0 Å². The molecule has 8 nitrogen and oxygen atoms in total. The van der Waals surface area contributed by atoms with Gasteiger partial charge in [-0.25, -0.2) is 14.8 Å². The smallest absolute Gasteiger partial charge is 0.410 e. The third-order valence-corrected chi connectivity index (χ3v) is 5.64. The van der Waals surface area contributed by atoms with Gasteiger partial charge in [-0.05, 0) is 46.6 Å². The molecule has 0 radical (unpaired) electrons. The highest BCUT2D eigenvalue weighted by Gasteiger charge is 2.30. The standard InChI is InChI=1S/C22H31N5O3/c1-15-14-16(18-19(23-15)27-9-7-5-6-8-17(27)24-18)20(28)25-10-12-26(13-11-25)21(29)30-22(2,3)4/h14H,5-13H2,1-4H3. The largest absolute Gasteiger partial charge is 0.444 e. The van der Waals surface area contributed by atoms with Crippen molar-refractivity contribution in [2.24, 2.45) is 0 Å². The Hall–Kier alpha value is -2.64. The van der Waals surface area contributed by atoms with Crippen molar-refractivity contribution in [1.82, 2.24) is 24.3 Å². The Balaban J connectivity index is 1.54. The van der Waals surface area contributed by atoms with Crippen LogP contribution in [0.4, 0.5) is 4.79 Å². The number of aryl methyl sites for hydroxylation is 3. The van der Waals surface area contributed by atoms with E-state index in [0.717, 1.165) is 43.0 Å². The molecule has 2 aromatic rings. The molecule has 30 heavy (non-hydrogen) atoms. The van der Waals surface area contributed by atoms with E-state index in [2.05, 4.69) is 4.57 Å². The average molecular weight is 414 g/mol. The minimum absolute atomic E-state index is 0.0393. The van der Waals surface area contributed by atoms with E-state index in [1.165, 1.54) is 6.42 Å². The Morgan fingerprint density at radius 1 is 0.967 bits per heavy atom. The molecule has 0 bridgehead atoms. The maximum absolute atomic E-state index is 13.4. The van der Waals surface area contributed by atoms with Crippen LogP contribution in [0.25, 0.3) is 11.2 Å². The molecule has 4 heterocycles. The number of ether oxygens (including phenoxy) is 1. The molecule has 0 unspecified atom stereocenters. The number of carbonyl (C=O) groups excluding carboxylic acids is 2. The lowest BCUT2D eigenvalue weighted by Gasteiger charge is -2.35. The van der Waals surface area contributed by atoms with Crippen molar-refractivity contribution in [3.05, 3.63) is 23.1 Å². The Kier molecular flexibility index (Phi) is 5.42. The van der Waals surface area contributed by atoms with Gasteiger partial charge >= 0.3 is 6.09 Å². The molecule has 2 aliphatic rings. The van der Waals surface area contributed by atoms with E-state index >= 15 is 0 Å². The second-order valence-corrected chi connectivity index (χ2v) is 9.23. The summed E-state index contributed by atoms with van der Waals surface area (Å²) in [6.07, 6.45) is 4.04. The summed E-state index contributed by atoms with van der Waals surface area (Å²) in [5.74, 6) is 0.993. The summed E-state index contributed by atoms with van der Waals surface area (Å²) in [4.78, 5) is 38.7. The van der Waals surface area contributed by atoms with E-state index in [1.54, 1.807) is 9.80 Å². The Bertz CT molecular complexity index is 967. The lowest BCUT2D eigenvalue weighted by Crippen LogP contribution is -2.51. The second kappa shape index (κ2) is 7.89. The lowest BCUT2D eigenvalue weighted by molar-refractivity contribution is 0.0141. The average Bonchev–Trinajstić information content (AvgIpc) is 2.87. The molecule has 2 aliphatic heterocycles. The first-order chi connectivity index (χ1) is 14.2. The molecular formula is C22H31N5O3.